The monoisotopic (exact) mass is 228 g/mol. The van der Waals surface area contributed by atoms with Gasteiger partial charge in [-0.3, -0.25) is 10.1 Å². The largest absolute Gasteiger partial charge is 0.269 e. The molecule has 0 bridgehead atoms. The Labute approximate surface area is 96.8 Å². The first-order valence-corrected chi connectivity index (χ1v) is 4.81. The van der Waals surface area contributed by atoms with E-state index in [2.05, 4.69) is 15.0 Å². The Morgan fingerprint density at radius 3 is 2.41 bits per heavy atom. The molecule has 0 amide bonds. The van der Waals surface area contributed by atoms with Crippen LogP contribution in [0.3, 0.4) is 0 Å². The molecule has 0 atom stereocenters. The summed E-state index contributed by atoms with van der Waals surface area (Å²) in [4.78, 5) is 21.9. The molecule has 0 spiro atoms. The van der Waals surface area contributed by atoms with Crippen LogP contribution in [0.4, 0.5) is 11.6 Å². The van der Waals surface area contributed by atoms with Crippen LogP contribution in [0.2, 0.25) is 0 Å². The lowest BCUT2D eigenvalue weighted by Gasteiger charge is -1.93. The molecular weight excluding hydrogens is 220 g/mol. The topological polar surface area (TPSA) is 81.3 Å². The summed E-state index contributed by atoms with van der Waals surface area (Å²) >= 11 is 0. The summed E-state index contributed by atoms with van der Waals surface area (Å²) in [5.74, 6) is 0.353. The van der Waals surface area contributed by atoms with E-state index in [1.165, 1.54) is 12.1 Å². The zero-order valence-electron chi connectivity index (χ0n) is 8.72. The number of nitro groups is 1. The molecule has 0 aliphatic heterocycles. The van der Waals surface area contributed by atoms with Gasteiger partial charge in [0.15, 0.2) is 0 Å². The van der Waals surface area contributed by atoms with Gasteiger partial charge >= 0.3 is 0 Å². The molecule has 1 aromatic heterocycles. The summed E-state index contributed by atoms with van der Waals surface area (Å²) in [6, 6.07) is 7.78. The highest BCUT2D eigenvalue weighted by atomic mass is 16.6. The van der Waals surface area contributed by atoms with Crippen LogP contribution in [-0.2, 0) is 0 Å². The first kappa shape index (κ1) is 10.9. The number of benzene rings is 1. The fourth-order valence-electron chi connectivity index (χ4n) is 1.17. The first-order valence-electron chi connectivity index (χ1n) is 4.81. The van der Waals surface area contributed by atoms with E-state index in [9.17, 15) is 10.1 Å². The van der Waals surface area contributed by atoms with Gasteiger partial charge in [-0.25, -0.2) is 15.0 Å². The number of hydrogen-bond acceptors (Lipinski definition) is 5. The molecule has 0 aliphatic rings. The van der Waals surface area contributed by atoms with Crippen molar-refractivity contribution >= 4 is 17.9 Å². The third kappa shape index (κ3) is 2.91. The van der Waals surface area contributed by atoms with Crippen molar-refractivity contribution in [1.29, 1.82) is 0 Å². The number of aromatic nitrogens is 2. The van der Waals surface area contributed by atoms with Crippen molar-refractivity contribution in [2.75, 3.05) is 0 Å². The van der Waals surface area contributed by atoms with Crippen molar-refractivity contribution in [2.45, 2.75) is 0 Å². The van der Waals surface area contributed by atoms with Gasteiger partial charge in [-0.1, -0.05) is 0 Å². The quantitative estimate of drug-likeness (QED) is 0.457. The summed E-state index contributed by atoms with van der Waals surface area (Å²) in [7, 11) is 0. The maximum absolute atomic E-state index is 10.4. The fraction of sp³-hybridized carbons (Fsp3) is 0. The predicted molar refractivity (Wildman–Crippen MR) is 62.4 cm³/mol. The molecule has 84 valence electrons. The average molecular weight is 228 g/mol. The smallest absolute Gasteiger partial charge is 0.258 e. The van der Waals surface area contributed by atoms with E-state index in [4.69, 9.17) is 0 Å². The minimum absolute atomic E-state index is 0.0538. The number of nitro benzene ring substituents is 1. The maximum Gasteiger partial charge on any atom is 0.269 e. The van der Waals surface area contributed by atoms with Crippen LogP contribution in [0.1, 0.15) is 5.56 Å². The molecule has 0 unspecified atom stereocenters. The lowest BCUT2D eigenvalue weighted by atomic mass is 10.2. The number of nitrogens with zero attached hydrogens (tertiary/aromatic N) is 4. The van der Waals surface area contributed by atoms with Gasteiger partial charge in [-0.2, -0.15) is 0 Å². The van der Waals surface area contributed by atoms with Crippen LogP contribution in [0.15, 0.2) is 47.7 Å². The minimum Gasteiger partial charge on any atom is -0.258 e. The van der Waals surface area contributed by atoms with Gasteiger partial charge in [0.1, 0.15) is 0 Å². The predicted octanol–water partition coefficient (Wildman–Crippen LogP) is 2.14. The van der Waals surface area contributed by atoms with E-state index >= 15 is 0 Å². The Morgan fingerprint density at radius 1 is 1.18 bits per heavy atom. The molecule has 2 rings (SSSR count). The van der Waals surface area contributed by atoms with Crippen LogP contribution in [-0.4, -0.2) is 21.1 Å². The van der Waals surface area contributed by atoms with E-state index in [1.54, 1.807) is 36.8 Å². The SMILES string of the molecule is O=[N+]([O-])c1ccc(C=Nc2ncccn2)cc1. The highest BCUT2D eigenvalue weighted by Crippen LogP contribution is 2.11. The van der Waals surface area contributed by atoms with E-state index in [0.717, 1.165) is 5.56 Å². The zero-order chi connectivity index (χ0) is 12.1. The van der Waals surface area contributed by atoms with Gasteiger partial charge < -0.3 is 0 Å². The molecule has 1 heterocycles. The van der Waals surface area contributed by atoms with E-state index in [-0.39, 0.29) is 5.69 Å². The van der Waals surface area contributed by atoms with Gasteiger partial charge in [0.05, 0.1) is 4.92 Å². The Bertz CT molecular complexity index is 537. The van der Waals surface area contributed by atoms with Gasteiger partial charge in [0.2, 0.25) is 5.95 Å². The summed E-state index contributed by atoms with van der Waals surface area (Å²) < 4.78 is 0. The second-order valence-corrected chi connectivity index (χ2v) is 3.16. The Kier molecular flexibility index (Phi) is 3.15. The summed E-state index contributed by atoms with van der Waals surface area (Å²) in [6.07, 6.45) is 4.74. The molecule has 6 heteroatoms. The zero-order valence-corrected chi connectivity index (χ0v) is 8.72. The molecule has 0 N–H and O–H groups in total. The van der Waals surface area contributed by atoms with E-state index in [1.807, 2.05) is 0 Å². The highest BCUT2D eigenvalue weighted by Gasteiger charge is 2.02. The third-order valence-corrected chi connectivity index (χ3v) is 1.99. The average Bonchev–Trinajstić information content (AvgIpc) is 2.38. The molecule has 0 saturated heterocycles. The Balaban J connectivity index is 2.14. The van der Waals surface area contributed by atoms with E-state index < -0.39 is 4.92 Å². The highest BCUT2D eigenvalue weighted by molar-refractivity contribution is 5.81. The number of aliphatic imine (C=N–C) groups is 1. The van der Waals surface area contributed by atoms with Crippen LogP contribution >= 0.6 is 0 Å². The van der Waals surface area contributed by atoms with E-state index in [0.29, 0.717) is 5.95 Å². The van der Waals surface area contributed by atoms with Gasteiger partial charge in [0, 0.05) is 30.7 Å². The van der Waals surface area contributed by atoms with Crippen LogP contribution in [0, 0.1) is 10.1 Å². The molecular formula is C11H8N4O2. The van der Waals surface area contributed by atoms with Gasteiger partial charge in [-0.05, 0) is 23.8 Å². The van der Waals surface area contributed by atoms with Crippen LogP contribution in [0.5, 0.6) is 0 Å². The second kappa shape index (κ2) is 4.93. The second-order valence-electron chi connectivity index (χ2n) is 3.16. The minimum atomic E-state index is -0.443. The summed E-state index contributed by atoms with van der Waals surface area (Å²) in [5.41, 5.74) is 0.807. The van der Waals surface area contributed by atoms with Crippen molar-refractivity contribution < 1.29 is 4.92 Å². The Morgan fingerprint density at radius 2 is 1.82 bits per heavy atom. The number of rotatable bonds is 3. The molecule has 0 radical (unpaired) electrons. The lowest BCUT2D eigenvalue weighted by molar-refractivity contribution is -0.384. The van der Waals surface area contributed by atoms with Gasteiger partial charge in [-0.15, -0.1) is 0 Å². The number of hydrogen-bond donors (Lipinski definition) is 0. The maximum atomic E-state index is 10.4. The van der Waals surface area contributed by atoms with Gasteiger partial charge in [0.25, 0.3) is 5.69 Å². The third-order valence-electron chi connectivity index (χ3n) is 1.99. The molecule has 1 aromatic carbocycles. The first-order chi connectivity index (χ1) is 8.25. The number of non-ortho nitro benzene ring substituents is 1. The van der Waals surface area contributed by atoms with Crippen molar-refractivity contribution in [1.82, 2.24) is 9.97 Å². The Hall–Kier alpha value is -2.63. The molecule has 0 saturated carbocycles. The molecule has 6 nitrogen and oxygen atoms in total. The fourth-order valence-corrected chi connectivity index (χ4v) is 1.17. The van der Waals surface area contributed by atoms with Crippen LogP contribution < -0.4 is 0 Å². The summed E-state index contributed by atoms with van der Waals surface area (Å²) in [6.45, 7) is 0. The summed E-state index contributed by atoms with van der Waals surface area (Å²) in [5, 5.41) is 10.4. The van der Waals surface area contributed by atoms with Crippen molar-refractivity contribution in [3.8, 4) is 0 Å². The molecule has 17 heavy (non-hydrogen) atoms. The molecule has 0 aliphatic carbocycles. The van der Waals surface area contributed by atoms with Crippen LogP contribution in [0.25, 0.3) is 0 Å². The lowest BCUT2D eigenvalue weighted by Crippen LogP contribution is -1.88. The molecule has 2 aromatic rings. The van der Waals surface area contributed by atoms with Crippen molar-refractivity contribution in [3.05, 3.63) is 58.4 Å². The van der Waals surface area contributed by atoms with Crippen molar-refractivity contribution in [3.63, 3.8) is 0 Å². The van der Waals surface area contributed by atoms with Crippen molar-refractivity contribution in [2.24, 2.45) is 4.99 Å². The molecule has 0 fully saturated rings. The standard InChI is InChI=1S/C11H8N4O2/c16-15(17)10-4-2-9(3-5-10)8-14-11-12-6-1-7-13-11/h1-8H. The normalized spacial score (nSPS) is 10.6.